The van der Waals surface area contributed by atoms with E-state index in [0.29, 0.717) is 12.3 Å². The van der Waals surface area contributed by atoms with Crippen LogP contribution < -0.4 is 10.6 Å². The minimum atomic E-state index is -0.610. The number of hydrogen-bond donors (Lipinski definition) is 2. The highest BCUT2D eigenvalue weighted by molar-refractivity contribution is 7.08. The third kappa shape index (κ3) is 3.19. The number of carbonyl (C=O) groups excluding carboxylic acids is 2. The van der Waals surface area contributed by atoms with Crippen LogP contribution in [0.2, 0.25) is 0 Å². The predicted molar refractivity (Wildman–Crippen MR) is 77.2 cm³/mol. The fourth-order valence-corrected chi connectivity index (χ4v) is 2.73. The van der Waals surface area contributed by atoms with E-state index in [9.17, 15) is 9.59 Å². The number of ether oxygens (including phenoxy) is 1. The van der Waals surface area contributed by atoms with Gasteiger partial charge in [0.05, 0.1) is 12.6 Å². The molecule has 0 aliphatic carbocycles. The van der Waals surface area contributed by atoms with Gasteiger partial charge in [0.2, 0.25) is 0 Å². The Morgan fingerprint density at radius 3 is 2.90 bits per heavy atom. The van der Waals surface area contributed by atoms with Crippen molar-refractivity contribution in [2.75, 3.05) is 6.61 Å². The maximum atomic E-state index is 12.3. The van der Waals surface area contributed by atoms with Gasteiger partial charge in [-0.1, -0.05) is 20.4 Å². The molecule has 0 spiro atoms. The fourth-order valence-electron chi connectivity index (χ4n) is 2.03. The van der Waals surface area contributed by atoms with Crippen molar-refractivity contribution in [1.82, 2.24) is 10.6 Å². The van der Waals surface area contributed by atoms with Crippen molar-refractivity contribution in [2.24, 2.45) is 11.8 Å². The number of rotatable bonds is 4. The van der Waals surface area contributed by atoms with E-state index in [0.717, 1.165) is 5.56 Å². The molecule has 20 heavy (non-hydrogen) atoms. The summed E-state index contributed by atoms with van der Waals surface area (Å²) < 4.78 is 5.29. The molecule has 1 saturated heterocycles. The fraction of sp³-hybridized carbons (Fsp3) is 0.429. The Morgan fingerprint density at radius 2 is 2.30 bits per heavy atom. The summed E-state index contributed by atoms with van der Waals surface area (Å²) in [7, 11) is 0. The third-order valence-electron chi connectivity index (χ3n) is 2.98. The summed E-state index contributed by atoms with van der Waals surface area (Å²) in [6.45, 7) is 8.08. The molecule has 2 atom stereocenters. The molecular weight excluding hydrogens is 276 g/mol. The second kappa shape index (κ2) is 6.09. The maximum Gasteiger partial charge on any atom is 0.319 e. The SMILES string of the molecule is C=C1NC(=O)N[C@@H](c2ccsc2)[C@@H]1C(=O)OCC(C)C. The van der Waals surface area contributed by atoms with Crippen LogP contribution in [0, 0.1) is 11.8 Å². The summed E-state index contributed by atoms with van der Waals surface area (Å²) >= 11 is 1.51. The molecule has 6 heteroatoms. The van der Waals surface area contributed by atoms with Gasteiger partial charge in [-0.15, -0.1) is 0 Å². The topological polar surface area (TPSA) is 67.4 Å². The van der Waals surface area contributed by atoms with E-state index in [1.807, 2.05) is 30.7 Å². The zero-order valence-electron chi connectivity index (χ0n) is 11.5. The first-order valence-electron chi connectivity index (χ1n) is 6.44. The molecule has 0 radical (unpaired) electrons. The number of thiophene rings is 1. The largest absolute Gasteiger partial charge is 0.465 e. The summed E-state index contributed by atoms with van der Waals surface area (Å²) in [4.78, 5) is 23.8. The molecule has 1 aliphatic heterocycles. The number of amides is 2. The molecule has 0 unspecified atom stereocenters. The Kier molecular flexibility index (Phi) is 4.44. The van der Waals surface area contributed by atoms with Crippen LogP contribution in [0.1, 0.15) is 25.5 Å². The van der Waals surface area contributed by atoms with Crippen LogP contribution in [0.4, 0.5) is 4.79 Å². The lowest BCUT2D eigenvalue weighted by atomic mass is 9.90. The molecule has 2 rings (SSSR count). The van der Waals surface area contributed by atoms with Crippen molar-refractivity contribution < 1.29 is 14.3 Å². The Morgan fingerprint density at radius 1 is 1.55 bits per heavy atom. The van der Waals surface area contributed by atoms with Crippen LogP contribution in [0.25, 0.3) is 0 Å². The van der Waals surface area contributed by atoms with Crippen LogP contribution in [0.15, 0.2) is 29.1 Å². The highest BCUT2D eigenvalue weighted by Gasteiger charge is 2.39. The first kappa shape index (κ1) is 14.6. The van der Waals surface area contributed by atoms with E-state index in [1.54, 1.807) is 0 Å². The third-order valence-corrected chi connectivity index (χ3v) is 3.69. The average Bonchev–Trinajstić information content (AvgIpc) is 2.88. The molecule has 2 N–H and O–H groups in total. The van der Waals surface area contributed by atoms with Crippen molar-refractivity contribution in [3.63, 3.8) is 0 Å². The Bertz CT molecular complexity index is 510. The molecule has 2 heterocycles. The van der Waals surface area contributed by atoms with Crippen molar-refractivity contribution >= 4 is 23.3 Å². The Hall–Kier alpha value is -1.82. The van der Waals surface area contributed by atoms with Crippen LogP contribution in [0.5, 0.6) is 0 Å². The molecule has 1 aromatic rings. The van der Waals surface area contributed by atoms with Crippen LogP contribution in [-0.2, 0) is 9.53 Å². The smallest absolute Gasteiger partial charge is 0.319 e. The van der Waals surface area contributed by atoms with Crippen molar-refractivity contribution in [1.29, 1.82) is 0 Å². The highest BCUT2D eigenvalue weighted by atomic mass is 32.1. The zero-order valence-corrected chi connectivity index (χ0v) is 12.3. The van der Waals surface area contributed by atoms with Crippen LogP contribution in [0.3, 0.4) is 0 Å². The average molecular weight is 294 g/mol. The van der Waals surface area contributed by atoms with E-state index < -0.39 is 12.0 Å². The van der Waals surface area contributed by atoms with E-state index in [1.165, 1.54) is 11.3 Å². The number of carbonyl (C=O) groups is 2. The van der Waals surface area contributed by atoms with Gasteiger partial charge >= 0.3 is 12.0 Å². The zero-order chi connectivity index (χ0) is 14.7. The molecular formula is C14H18N2O3S. The second-order valence-corrected chi connectivity index (χ2v) is 5.94. The first-order valence-corrected chi connectivity index (χ1v) is 7.38. The lowest BCUT2D eigenvalue weighted by Gasteiger charge is -2.32. The van der Waals surface area contributed by atoms with Crippen molar-refractivity contribution in [2.45, 2.75) is 19.9 Å². The van der Waals surface area contributed by atoms with E-state index in [4.69, 9.17) is 4.74 Å². The second-order valence-electron chi connectivity index (χ2n) is 5.16. The normalized spacial score (nSPS) is 22.4. The lowest BCUT2D eigenvalue weighted by Crippen LogP contribution is -2.51. The molecule has 0 bridgehead atoms. The molecule has 1 aromatic heterocycles. The summed E-state index contributed by atoms with van der Waals surface area (Å²) in [5.74, 6) is -0.716. The van der Waals surface area contributed by atoms with E-state index >= 15 is 0 Å². The lowest BCUT2D eigenvalue weighted by molar-refractivity contribution is -0.149. The summed E-state index contributed by atoms with van der Waals surface area (Å²) in [6, 6.07) is 1.11. The molecule has 1 fully saturated rings. The van der Waals surface area contributed by atoms with Crippen molar-refractivity contribution in [3.8, 4) is 0 Å². The molecule has 108 valence electrons. The van der Waals surface area contributed by atoms with Gasteiger partial charge in [-0.25, -0.2) is 4.79 Å². The highest BCUT2D eigenvalue weighted by Crippen LogP contribution is 2.31. The quantitative estimate of drug-likeness (QED) is 0.838. The minimum absolute atomic E-state index is 0.262. The van der Waals surface area contributed by atoms with Gasteiger partial charge in [-0.3, -0.25) is 4.79 Å². The first-order chi connectivity index (χ1) is 9.49. The van der Waals surface area contributed by atoms with E-state index in [2.05, 4.69) is 17.2 Å². The maximum absolute atomic E-state index is 12.3. The number of esters is 1. The Labute approximate surface area is 122 Å². The van der Waals surface area contributed by atoms with Gasteiger partial charge in [0.1, 0.15) is 5.92 Å². The monoisotopic (exact) mass is 294 g/mol. The summed E-state index contributed by atoms with van der Waals surface area (Å²) in [5.41, 5.74) is 1.26. The van der Waals surface area contributed by atoms with Gasteiger partial charge in [-0.2, -0.15) is 11.3 Å². The molecule has 1 aliphatic rings. The minimum Gasteiger partial charge on any atom is -0.465 e. The molecule has 5 nitrogen and oxygen atoms in total. The van der Waals surface area contributed by atoms with Crippen molar-refractivity contribution in [3.05, 3.63) is 34.7 Å². The number of nitrogens with one attached hydrogen (secondary N) is 2. The Balaban J connectivity index is 2.19. The number of urea groups is 1. The van der Waals surface area contributed by atoms with Gasteiger partial charge in [-0.05, 0) is 28.3 Å². The number of hydrogen-bond acceptors (Lipinski definition) is 4. The molecule has 2 amide bonds. The van der Waals surface area contributed by atoms with Gasteiger partial charge < -0.3 is 15.4 Å². The van der Waals surface area contributed by atoms with Gasteiger partial charge in [0, 0.05) is 5.70 Å². The summed E-state index contributed by atoms with van der Waals surface area (Å²) in [6.07, 6.45) is 0. The molecule has 0 saturated carbocycles. The molecule has 0 aromatic carbocycles. The van der Waals surface area contributed by atoms with Gasteiger partial charge in [0.15, 0.2) is 0 Å². The van der Waals surface area contributed by atoms with Gasteiger partial charge in [0.25, 0.3) is 0 Å². The van der Waals surface area contributed by atoms with Crippen LogP contribution in [-0.4, -0.2) is 18.6 Å². The standard InChI is InChI=1S/C14H18N2O3S/c1-8(2)6-19-13(17)11-9(3)15-14(18)16-12(11)10-4-5-20-7-10/h4-5,7-8,11-12H,3,6H2,1-2H3,(H2,15,16,18)/t11-,12+/m1/s1. The van der Waals surface area contributed by atoms with E-state index in [-0.39, 0.29) is 17.9 Å². The predicted octanol–water partition coefficient (Wildman–Crippen LogP) is 2.43. The van der Waals surface area contributed by atoms with Crippen LogP contribution >= 0.6 is 11.3 Å². The summed E-state index contributed by atoms with van der Waals surface area (Å²) in [5, 5.41) is 9.13.